The van der Waals surface area contributed by atoms with Crippen LogP contribution in [0, 0.1) is 0 Å². The van der Waals surface area contributed by atoms with Gasteiger partial charge in [-0.05, 0) is 6.07 Å². The van der Waals surface area contributed by atoms with Gasteiger partial charge in [-0.25, -0.2) is 0 Å². The fraction of sp³-hybridized carbons (Fsp3) is 0.250. The number of rotatable bonds is 3. The minimum Gasteiger partial charge on any atom is -0.343 e. The number of carbonyl (C=O) groups is 1. The Balaban J connectivity index is 2.73. The number of aromatic nitrogens is 1. The summed E-state index contributed by atoms with van der Waals surface area (Å²) in [5, 5.41) is 1.71. The number of nitrogens with two attached hydrogens (primary N) is 1. The number of hydrogen-bond donors (Lipinski definition) is 3. The fourth-order valence-corrected chi connectivity index (χ4v) is 0.977. The summed E-state index contributed by atoms with van der Waals surface area (Å²) in [7, 11) is 0. The molecule has 0 spiro atoms. The lowest BCUT2D eigenvalue weighted by Gasteiger charge is -2.10. The van der Waals surface area contributed by atoms with Gasteiger partial charge in [-0.3, -0.25) is 15.6 Å². The van der Waals surface area contributed by atoms with E-state index >= 15 is 0 Å². The smallest absolute Gasteiger partial charge is 0.343 e. The van der Waals surface area contributed by atoms with Crippen LogP contribution in [0.2, 0.25) is 0 Å². The maximum absolute atomic E-state index is 11.8. The van der Waals surface area contributed by atoms with E-state index in [1.807, 2.05) is 0 Å². The highest BCUT2D eigenvalue weighted by atomic mass is 19.4. The van der Waals surface area contributed by atoms with Gasteiger partial charge in [0.15, 0.2) is 0 Å². The molecule has 16 heavy (non-hydrogen) atoms. The molecule has 1 rings (SSSR count). The van der Waals surface area contributed by atoms with Crippen LogP contribution in [-0.4, -0.2) is 23.6 Å². The van der Waals surface area contributed by atoms with Gasteiger partial charge in [-0.15, -0.1) is 0 Å². The molecule has 1 amide bonds. The summed E-state index contributed by atoms with van der Waals surface area (Å²) in [6.45, 7) is -1.40. The lowest BCUT2D eigenvalue weighted by Crippen LogP contribution is -2.34. The van der Waals surface area contributed by atoms with Gasteiger partial charge in [0.05, 0.1) is 11.3 Å². The van der Waals surface area contributed by atoms with Crippen molar-refractivity contribution in [2.75, 3.05) is 12.0 Å². The maximum atomic E-state index is 11.8. The Morgan fingerprint density at radius 3 is 2.75 bits per heavy atom. The number of pyridine rings is 1. The van der Waals surface area contributed by atoms with Crippen LogP contribution in [0.1, 0.15) is 10.4 Å². The number of carbonyl (C=O) groups excluding carboxylic acids is 1. The summed E-state index contributed by atoms with van der Waals surface area (Å²) in [6, 6.07) is 1.38. The first kappa shape index (κ1) is 12.2. The Hall–Kier alpha value is -1.83. The van der Waals surface area contributed by atoms with Gasteiger partial charge >= 0.3 is 6.18 Å². The van der Waals surface area contributed by atoms with Crippen LogP contribution >= 0.6 is 0 Å². The Morgan fingerprint density at radius 2 is 2.19 bits per heavy atom. The first-order valence-electron chi connectivity index (χ1n) is 4.19. The lowest BCUT2D eigenvalue weighted by atomic mass is 10.2. The molecular weight excluding hydrogens is 225 g/mol. The second kappa shape index (κ2) is 4.79. The van der Waals surface area contributed by atoms with Crippen LogP contribution in [0.3, 0.4) is 0 Å². The molecule has 5 nitrogen and oxygen atoms in total. The number of amides is 1. The third-order valence-electron chi connectivity index (χ3n) is 1.67. The van der Waals surface area contributed by atoms with E-state index in [-0.39, 0.29) is 11.3 Å². The molecule has 0 aliphatic rings. The molecule has 8 heteroatoms. The number of nitrogens with zero attached hydrogens (tertiary/aromatic N) is 1. The highest BCUT2D eigenvalue weighted by molar-refractivity contribution is 5.99. The Kier molecular flexibility index (Phi) is 3.67. The quantitative estimate of drug-likeness (QED) is 0.530. The maximum Gasteiger partial charge on any atom is 0.405 e. The molecule has 4 N–H and O–H groups in total. The average Bonchev–Trinajstić information content (AvgIpc) is 2.25. The third kappa shape index (κ3) is 3.39. The number of halogens is 3. The van der Waals surface area contributed by atoms with Crippen molar-refractivity contribution in [2.24, 2.45) is 5.84 Å². The highest BCUT2D eigenvalue weighted by Crippen LogP contribution is 2.14. The molecule has 0 fully saturated rings. The molecule has 0 unspecified atom stereocenters. The Morgan fingerprint density at radius 1 is 1.50 bits per heavy atom. The van der Waals surface area contributed by atoms with E-state index in [4.69, 9.17) is 5.84 Å². The van der Waals surface area contributed by atoms with E-state index < -0.39 is 18.6 Å². The molecule has 0 radical (unpaired) electrons. The largest absolute Gasteiger partial charge is 0.405 e. The average molecular weight is 234 g/mol. The summed E-state index contributed by atoms with van der Waals surface area (Å²) in [5.74, 6) is 4.20. The molecule has 1 aromatic rings. The number of hydrazine groups is 1. The molecule has 0 aromatic carbocycles. The summed E-state index contributed by atoms with van der Waals surface area (Å²) >= 11 is 0. The third-order valence-corrected chi connectivity index (χ3v) is 1.67. The van der Waals surface area contributed by atoms with Gasteiger partial charge in [-0.1, -0.05) is 0 Å². The number of alkyl halides is 3. The predicted octanol–water partition coefficient (Wildman–Crippen LogP) is 0.659. The van der Waals surface area contributed by atoms with Crippen molar-refractivity contribution in [3.63, 3.8) is 0 Å². The molecule has 88 valence electrons. The predicted molar refractivity (Wildman–Crippen MR) is 50.4 cm³/mol. The molecular formula is C8H9F3N4O. The molecule has 0 atom stereocenters. The zero-order valence-electron chi connectivity index (χ0n) is 8.01. The fourth-order valence-electron chi connectivity index (χ4n) is 0.977. The normalized spacial score (nSPS) is 11.0. The topological polar surface area (TPSA) is 80.0 Å². The molecule has 1 aromatic heterocycles. The first-order chi connectivity index (χ1) is 7.44. The number of hydrogen-bond acceptors (Lipinski definition) is 4. The number of nitrogen functional groups attached to an aromatic ring is 1. The van der Waals surface area contributed by atoms with Crippen LogP contribution < -0.4 is 16.6 Å². The Labute approximate surface area is 88.8 Å². The van der Waals surface area contributed by atoms with Gasteiger partial charge in [0.25, 0.3) is 5.91 Å². The number of anilines is 1. The minimum atomic E-state index is -4.45. The molecule has 0 aliphatic carbocycles. The van der Waals surface area contributed by atoms with Crippen molar-refractivity contribution < 1.29 is 18.0 Å². The molecule has 0 aliphatic heterocycles. The van der Waals surface area contributed by atoms with Crippen molar-refractivity contribution >= 4 is 11.6 Å². The van der Waals surface area contributed by atoms with Crippen LogP contribution in [0.15, 0.2) is 18.5 Å². The summed E-state index contributed by atoms with van der Waals surface area (Å²) in [5.41, 5.74) is 2.35. The molecule has 0 bridgehead atoms. The van der Waals surface area contributed by atoms with Crippen LogP contribution in [-0.2, 0) is 0 Å². The van der Waals surface area contributed by atoms with Gasteiger partial charge in [0, 0.05) is 12.4 Å². The molecule has 0 saturated heterocycles. The van der Waals surface area contributed by atoms with E-state index in [1.54, 1.807) is 5.32 Å². The second-order valence-electron chi connectivity index (χ2n) is 2.86. The van der Waals surface area contributed by atoms with Crippen molar-refractivity contribution in [1.82, 2.24) is 10.3 Å². The van der Waals surface area contributed by atoms with Crippen molar-refractivity contribution in [2.45, 2.75) is 6.18 Å². The van der Waals surface area contributed by atoms with Gasteiger partial charge in [-0.2, -0.15) is 13.2 Å². The minimum absolute atomic E-state index is 0.0470. The SMILES string of the molecule is NNc1ccncc1C(=O)NCC(F)(F)F. The zero-order valence-corrected chi connectivity index (χ0v) is 8.01. The van der Waals surface area contributed by atoms with Gasteiger partial charge in [0.2, 0.25) is 0 Å². The van der Waals surface area contributed by atoms with Crippen molar-refractivity contribution in [3.05, 3.63) is 24.0 Å². The lowest BCUT2D eigenvalue weighted by molar-refractivity contribution is -0.123. The van der Waals surface area contributed by atoms with Crippen LogP contribution in [0.5, 0.6) is 0 Å². The molecule has 1 heterocycles. The van der Waals surface area contributed by atoms with E-state index in [0.29, 0.717) is 0 Å². The van der Waals surface area contributed by atoms with E-state index in [2.05, 4.69) is 10.4 Å². The van der Waals surface area contributed by atoms with Gasteiger partial charge in [0.1, 0.15) is 6.54 Å². The number of nitrogens with one attached hydrogen (secondary N) is 2. The van der Waals surface area contributed by atoms with Crippen molar-refractivity contribution in [1.29, 1.82) is 0 Å². The Bertz CT molecular complexity index is 380. The van der Waals surface area contributed by atoms with E-state index in [1.165, 1.54) is 12.3 Å². The summed E-state index contributed by atoms with van der Waals surface area (Å²) < 4.78 is 35.5. The van der Waals surface area contributed by atoms with Gasteiger partial charge < -0.3 is 10.7 Å². The summed E-state index contributed by atoms with van der Waals surface area (Å²) in [4.78, 5) is 14.9. The molecule has 0 saturated carbocycles. The van der Waals surface area contributed by atoms with Crippen LogP contribution in [0.25, 0.3) is 0 Å². The second-order valence-corrected chi connectivity index (χ2v) is 2.86. The van der Waals surface area contributed by atoms with Crippen LogP contribution in [0.4, 0.5) is 18.9 Å². The van der Waals surface area contributed by atoms with Crippen molar-refractivity contribution in [3.8, 4) is 0 Å². The standard InChI is InChI=1S/C8H9F3N4O/c9-8(10,11)4-14-7(16)5-3-13-2-1-6(5)15-12/h1-3H,4,12H2,(H,13,15)(H,14,16). The monoisotopic (exact) mass is 234 g/mol. The summed E-state index contributed by atoms with van der Waals surface area (Å²) in [6.07, 6.45) is -1.97. The van der Waals surface area contributed by atoms with E-state index in [9.17, 15) is 18.0 Å². The van der Waals surface area contributed by atoms with E-state index in [0.717, 1.165) is 6.20 Å². The zero-order chi connectivity index (χ0) is 12.2. The highest BCUT2D eigenvalue weighted by Gasteiger charge is 2.28. The first-order valence-corrected chi connectivity index (χ1v) is 4.19.